The number of pyridine rings is 1. The molecule has 2 aromatic rings. The quantitative estimate of drug-likeness (QED) is 0.550. The zero-order chi connectivity index (χ0) is 13.5. The van der Waals surface area contributed by atoms with Gasteiger partial charge in [0.15, 0.2) is 0 Å². The molecule has 9 heteroatoms. The van der Waals surface area contributed by atoms with Crippen LogP contribution >= 0.6 is 20.8 Å². The van der Waals surface area contributed by atoms with Crippen molar-refractivity contribution < 1.29 is 13.6 Å². The fourth-order valence-corrected chi connectivity index (χ4v) is 2.90. The van der Waals surface area contributed by atoms with Crippen LogP contribution in [0.1, 0.15) is 0 Å². The molecule has 0 aliphatic carbocycles. The highest BCUT2D eigenvalue weighted by Gasteiger charge is 2.18. The fourth-order valence-electron chi connectivity index (χ4n) is 1.48. The maximum absolute atomic E-state index is 11.5. The molecule has 0 aliphatic heterocycles. The van der Waals surface area contributed by atoms with Gasteiger partial charge in [-0.25, -0.2) is 8.42 Å². The van der Waals surface area contributed by atoms with E-state index in [0.29, 0.717) is 16.2 Å². The molecule has 1 heterocycles. The number of nitrogens with one attached hydrogen (secondary N) is 2. The van der Waals surface area contributed by atoms with E-state index in [9.17, 15) is 13.2 Å². The SMILES string of the molecule is O=c1[nH]c2cc(Cl)c(S(=O)(=O)NO)cc2cc1P. The Kier molecular flexibility index (Phi) is 3.44. The average molecular weight is 307 g/mol. The molecule has 1 unspecified atom stereocenters. The number of aromatic nitrogens is 1. The first-order chi connectivity index (χ1) is 8.35. The first kappa shape index (κ1) is 13.5. The molecule has 2 rings (SSSR count). The number of fused-ring (bicyclic) bond motifs is 1. The third-order valence-electron chi connectivity index (χ3n) is 2.34. The molecule has 18 heavy (non-hydrogen) atoms. The highest BCUT2D eigenvalue weighted by molar-refractivity contribution is 7.89. The van der Waals surface area contributed by atoms with Crippen LogP contribution in [-0.4, -0.2) is 18.6 Å². The van der Waals surface area contributed by atoms with Gasteiger partial charge in [0.1, 0.15) is 4.90 Å². The molecule has 1 aromatic carbocycles. The van der Waals surface area contributed by atoms with Crippen molar-refractivity contribution in [1.29, 1.82) is 0 Å². The lowest BCUT2D eigenvalue weighted by Crippen LogP contribution is -2.22. The third-order valence-corrected chi connectivity index (χ3v) is 4.35. The lowest BCUT2D eigenvalue weighted by Gasteiger charge is -2.06. The van der Waals surface area contributed by atoms with Crippen molar-refractivity contribution in [3.8, 4) is 0 Å². The van der Waals surface area contributed by atoms with Crippen molar-refractivity contribution in [2.24, 2.45) is 0 Å². The minimum absolute atomic E-state index is 0.101. The number of hydrogen-bond donors (Lipinski definition) is 3. The van der Waals surface area contributed by atoms with Crippen LogP contribution in [-0.2, 0) is 10.0 Å². The second-order valence-corrected chi connectivity index (χ2v) is 6.18. The highest BCUT2D eigenvalue weighted by Crippen LogP contribution is 2.25. The molecule has 96 valence electrons. The summed E-state index contributed by atoms with van der Waals surface area (Å²) < 4.78 is 23.0. The minimum Gasteiger partial charge on any atom is -0.321 e. The van der Waals surface area contributed by atoms with E-state index >= 15 is 0 Å². The second-order valence-electron chi connectivity index (χ2n) is 3.52. The van der Waals surface area contributed by atoms with E-state index in [1.807, 2.05) is 0 Å². The standard InChI is InChI=1S/C9H8ClN2O4PS/c10-5-3-6-4(1-7(17)9(13)11-6)2-8(5)18(15,16)12-14/h1-3,12,14H,17H2,(H,11,13). The van der Waals surface area contributed by atoms with Crippen LogP contribution in [0.25, 0.3) is 10.9 Å². The second kappa shape index (κ2) is 4.60. The Bertz CT molecular complexity index is 787. The summed E-state index contributed by atoms with van der Waals surface area (Å²) in [6.07, 6.45) is 0. The Labute approximate surface area is 109 Å². The summed E-state index contributed by atoms with van der Waals surface area (Å²) >= 11 is 5.80. The van der Waals surface area contributed by atoms with Crippen molar-refractivity contribution in [1.82, 2.24) is 9.87 Å². The molecule has 0 saturated carbocycles. The third kappa shape index (κ3) is 2.28. The van der Waals surface area contributed by atoms with Crippen molar-refractivity contribution in [2.45, 2.75) is 4.90 Å². The van der Waals surface area contributed by atoms with Crippen LogP contribution in [0.15, 0.2) is 27.9 Å². The summed E-state index contributed by atoms with van der Waals surface area (Å²) in [5.74, 6) is 0. The number of hydrogen-bond acceptors (Lipinski definition) is 4. The van der Waals surface area contributed by atoms with Crippen molar-refractivity contribution in [3.05, 3.63) is 33.6 Å². The maximum atomic E-state index is 11.5. The minimum atomic E-state index is -4.07. The Morgan fingerprint density at radius 3 is 2.61 bits per heavy atom. The zero-order valence-corrected chi connectivity index (χ0v) is 11.5. The predicted molar refractivity (Wildman–Crippen MR) is 71.0 cm³/mol. The van der Waals surface area contributed by atoms with Gasteiger partial charge in [0, 0.05) is 16.2 Å². The lowest BCUT2D eigenvalue weighted by atomic mass is 10.2. The Hall–Kier alpha value is -0.980. The highest BCUT2D eigenvalue weighted by atomic mass is 35.5. The summed E-state index contributed by atoms with van der Waals surface area (Å²) in [4.78, 5) is 14.9. The van der Waals surface area contributed by atoms with E-state index < -0.39 is 10.0 Å². The molecule has 0 aliphatic rings. The number of H-pyrrole nitrogens is 1. The van der Waals surface area contributed by atoms with E-state index in [4.69, 9.17) is 16.8 Å². The van der Waals surface area contributed by atoms with Crippen LogP contribution in [0.5, 0.6) is 0 Å². The number of rotatable bonds is 2. The van der Waals surface area contributed by atoms with Gasteiger partial charge in [-0.3, -0.25) is 4.79 Å². The summed E-state index contributed by atoms with van der Waals surface area (Å²) in [7, 11) is -1.83. The summed E-state index contributed by atoms with van der Waals surface area (Å²) in [5.41, 5.74) is 0.104. The van der Waals surface area contributed by atoms with Gasteiger partial charge in [-0.05, 0) is 18.2 Å². The van der Waals surface area contributed by atoms with Gasteiger partial charge < -0.3 is 10.2 Å². The van der Waals surface area contributed by atoms with Gasteiger partial charge in [0.2, 0.25) is 0 Å². The summed E-state index contributed by atoms with van der Waals surface area (Å²) in [6.45, 7) is 0. The first-order valence-electron chi connectivity index (χ1n) is 4.63. The smallest absolute Gasteiger partial charge is 0.263 e. The zero-order valence-electron chi connectivity index (χ0n) is 8.77. The van der Waals surface area contributed by atoms with Gasteiger partial charge in [0.25, 0.3) is 15.6 Å². The Morgan fingerprint density at radius 2 is 2.00 bits per heavy atom. The topological polar surface area (TPSA) is 99.3 Å². The summed E-state index contributed by atoms with van der Waals surface area (Å²) in [6, 6.07) is 4.08. The molecule has 0 radical (unpaired) electrons. The maximum Gasteiger partial charge on any atom is 0.263 e. The molecular formula is C9H8ClN2O4PS. The lowest BCUT2D eigenvalue weighted by molar-refractivity contribution is 0.242. The van der Waals surface area contributed by atoms with Crippen LogP contribution in [0.2, 0.25) is 5.02 Å². The van der Waals surface area contributed by atoms with Gasteiger partial charge >= 0.3 is 0 Å². The van der Waals surface area contributed by atoms with Crippen molar-refractivity contribution >= 4 is 47.1 Å². The molecular weight excluding hydrogens is 299 g/mol. The summed E-state index contributed by atoms with van der Waals surface area (Å²) in [5, 5.41) is 9.33. The van der Waals surface area contributed by atoms with Crippen molar-refractivity contribution in [3.63, 3.8) is 0 Å². The van der Waals surface area contributed by atoms with Gasteiger partial charge in [-0.2, -0.15) is 0 Å². The molecule has 1 atom stereocenters. The van der Waals surface area contributed by atoms with Crippen molar-refractivity contribution in [2.75, 3.05) is 0 Å². The predicted octanol–water partition coefficient (Wildman–Crippen LogP) is 0.349. The van der Waals surface area contributed by atoms with E-state index in [2.05, 4.69) is 14.2 Å². The number of benzene rings is 1. The first-order valence-corrected chi connectivity index (χ1v) is 7.07. The van der Waals surface area contributed by atoms with Gasteiger partial charge in [-0.1, -0.05) is 25.7 Å². The molecule has 0 amide bonds. The molecule has 0 fully saturated rings. The Morgan fingerprint density at radius 1 is 1.33 bits per heavy atom. The molecule has 0 bridgehead atoms. The average Bonchev–Trinajstić information content (AvgIpc) is 2.30. The number of halogens is 1. The number of aromatic amines is 1. The molecule has 0 spiro atoms. The van der Waals surface area contributed by atoms with E-state index in [-0.39, 0.29) is 15.5 Å². The van der Waals surface area contributed by atoms with Gasteiger partial charge in [0.05, 0.1) is 5.02 Å². The normalized spacial score (nSPS) is 11.9. The van der Waals surface area contributed by atoms with Crippen LogP contribution < -0.4 is 15.7 Å². The molecule has 6 nitrogen and oxygen atoms in total. The van der Waals surface area contributed by atoms with E-state index in [0.717, 1.165) is 0 Å². The fraction of sp³-hybridized carbons (Fsp3) is 0. The largest absolute Gasteiger partial charge is 0.321 e. The van der Waals surface area contributed by atoms with E-state index in [1.54, 1.807) is 0 Å². The Balaban J connectivity index is 2.85. The molecule has 1 aromatic heterocycles. The van der Waals surface area contributed by atoms with Crippen LogP contribution in [0.4, 0.5) is 0 Å². The monoisotopic (exact) mass is 306 g/mol. The molecule has 0 saturated heterocycles. The van der Waals surface area contributed by atoms with Gasteiger partial charge in [-0.15, -0.1) is 0 Å². The van der Waals surface area contributed by atoms with Crippen LogP contribution in [0.3, 0.4) is 0 Å². The number of sulfonamides is 1. The van der Waals surface area contributed by atoms with E-state index in [1.165, 1.54) is 23.1 Å². The van der Waals surface area contributed by atoms with Crippen LogP contribution in [0, 0.1) is 0 Å². The molecule has 3 N–H and O–H groups in total.